The summed E-state index contributed by atoms with van der Waals surface area (Å²) < 4.78 is 70.0. The number of ketones is 2. The summed E-state index contributed by atoms with van der Waals surface area (Å²) >= 11 is 0. The second-order valence-electron chi connectivity index (χ2n) is 17.8. The summed E-state index contributed by atoms with van der Waals surface area (Å²) in [5.41, 5.74) is 0.562. The first-order chi connectivity index (χ1) is 29.3. The van der Waals surface area contributed by atoms with E-state index in [4.69, 9.17) is 18.4 Å². The van der Waals surface area contributed by atoms with E-state index in [1.54, 1.807) is 6.20 Å². The molecule has 0 saturated heterocycles. The van der Waals surface area contributed by atoms with Gasteiger partial charge in [-0.3, -0.25) is 19.5 Å². The molecule has 0 radical (unpaired) electrons. The van der Waals surface area contributed by atoms with Crippen molar-refractivity contribution in [2.75, 3.05) is 14.1 Å². The fourth-order valence-electron chi connectivity index (χ4n) is 8.95. The maximum Gasteiger partial charge on any atom is 0.573 e. The Balaban J connectivity index is 1.35. The number of aliphatic hydroxyl groups is 1. The summed E-state index contributed by atoms with van der Waals surface area (Å²) in [4.78, 5) is 37.5. The van der Waals surface area contributed by atoms with Crippen LogP contribution in [0.15, 0.2) is 113 Å². The Morgan fingerprint density at radius 1 is 0.871 bits per heavy atom. The first-order valence-corrected chi connectivity index (χ1v) is 23.3. The number of benzene rings is 3. The Morgan fingerprint density at radius 2 is 1.48 bits per heavy atom. The van der Waals surface area contributed by atoms with Gasteiger partial charge >= 0.3 is 6.36 Å². The van der Waals surface area contributed by atoms with E-state index in [1.165, 1.54) is 30.5 Å². The van der Waals surface area contributed by atoms with Gasteiger partial charge in [-0.25, -0.2) is 0 Å². The first-order valence-electron chi connectivity index (χ1n) is 20.4. The SMILES string of the molecule is CN(C)[C@@H]1c2onc(OCc3ccccc3)c2C(=O)[C@@]2(O[Si](C)(C)C(C)(C)C)C(O)=C3C(=O)c4c(OCc5ccccc5)cncc4[C@H](c4ccc(OC(F)(F)F)cc4)[C@H]3C[C@@H]12. The Bertz CT molecular complexity index is 2520. The van der Waals surface area contributed by atoms with Crippen molar-refractivity contribution in [2.45, 2.75) is 82.5 Å². The lowest BCUT2D eigenvalue weighted by Crippen LogP contribution is -2.65. The molecule has 0 bridgehead atoms. The molecular formula is C47H48F3N3O8Si. The molecule has 324 valence electrons. The topological polar surface area (TPSA) is 133 Å². The molecule has 5 atom stereocenters. The van der Waals surface area contributed by atoms with Crippen LogP contribution in [-0.4, -0.2) is 66.1 Å². The van der Waals surface area contributed by atoms with Crippen LogP contribution in [0.2, 0.25) is 18.1 Å². The van der Waals surface area contributed by atoms with Crippen LogP contribution in [0.3, 0.4) is 0 Å². The van der Waals surface area contributed by atoms with Gasteiger partial charge in [0.25, 0.3) is 5.88 Å². The Kier molecular flexibility index (Phi) is 11.0. The first kappa shape index (κ1) is 42.9. The second-order valence-corrected chi connectivity index (χ2v) is 22.6. The van der Waals surface area contributed by atoms with Crippen molar-refractivity contribution in [3.05, 3.63) is 148 Å². The number of aliphatic hydroxyl groups excluding tert-OH is 1. The summed E-state index contributed by atoms with van der Waals surface area (Å²) in [6, 6.07) is 23.4. The number of nitrogens with zero attached hydrogens (tertiary/aromatic N) is 3. The number of rotatable bonds is 11. The zero-order valence-corrected chi connectivity index (χ0v) is 36.4. The third kappa shape index (κ3) is 7.49. The Labute approximate surface area is 358 Å². The largest absolute Gasteiger partial charge is 0.573 e. The normalized spacial score (nSPS) is 22.4. The van der Waals surface area contributed by atoms with Crippen LogP contribution < -0.4 is 14.2 Å². The Hall–Kier alpha value is -5.77. The van der Waals surface area contributed by atoms with Crippen LogP contribution in [0.5, 0.6) is 17.4 Å². The molecule has 3 aromatic carbocycles. The maximum atomic E-state index is 15.8. The smallest absolute Gasteiger partial charge is 0.508 e. The van der Waals surface area contributed by atoms with Crippen LogP contribution in [0.1, 0.15) is 87.9 Å². The molecule has 1 N–H and O–H groups in total. The van der Waals surface area contributed by atoms with Gasteiger partial charge < -0.3 is 28.3 Å². The number of Topliss-reactive ketones (excluding diaryl/α,β-unsaturated/α-hetero) is 2. The fourth-order valence-corrected chi connectivity index (χ4v) is 10.4. The van der Waals surface area contributed by atoms with Gasteiger partial charge in [0.05, 0.1) is 17.8 Å². The van der Waals surface area contributed by atoms with E-state index < -0.39 is 72.2 Å². The zero-order chi connectivity index (χ0) is 44.4. The van der Waals surface area contributed by atoms with Crippen LogP contribution in [0.4, 0.5) is 13.2 Å². The highest BCUT2D eigenvalue weighted by molar-refractivity contribution is 6.74. The van der Waals surface area contributed by atoms with Crippen LogP contribution in [0, 0.1) is 11.8 Å². The lowest BCUT2D eigenvalue weighted by molar-refractivity contribution is -0.274. The minimum absolute atomic E-state index is 0.0109. The quantitative estimate of drug-likeness (QED) is 0.127. The lowest BCUT2D eigenvalue weighted by atomic mass is 9.55. The predicted molar refractivity (Wildman–Crippen MR) is 225 cm³/mol. The van der Waals surface area contributed by atoms with Crippen LogP contribution >= 0.6 is 0 Å². The van der Waals surface area contributed by atoms with Gasteiger partial charge in [0, 0.05) is 29.5 Å². The lowest BCUT2D eigenvalue weighted by Gasteiger charge is -2.56. The molecule has 2 aromatic heterocycles. The van der Waals surface area contributed by atoms with E-state index in [0.29, 0.717) is 11.1 Å². The maximum absolute atomic E-state index is 15.8. The minimum atomic E-state index is -4.92. The molecule has 11 nitrogen and oxygen atoms in total. The van der Waals surface area contributed by atoms with E-state index in [2.05, 4.69) is 14.9 Å². The van der Waals surface area contributed by atoms with Gasteiger partial charge in [0.2, 0.25) is 5.78 Å². The number of carbonyl (C=O) groups is 2. The van der Waals surface area contributed by atoms with E-state index >= 15 is 9.59 Å². The van der Waals surface area contributed by atoms with E-state index in [9.17, 15) is 18.3 Å². The van der Waals surface area contributed by atoms with Gasteiger partial charge in [-0.2, -0.15) is 0 Å². The number of aromatic nitrogens is 2. The molecular weight excluding hydrogens is 820 g/mol. The summed E-state index contributed by atoms with van der Waals surface area (Å²) in [5.74, 6) is -4.36. The number of pyridine rings is 1. The molecule has 0 aliphatic heterocycles. The van der Waals surface area contributed by atoms with E-state index in [0.717, 1.165) is 11.1 Å². The molecule has 3 aliphatic carbocycles. The number of hydrogen-bond acceptors (Lipinski definition) is 11. The predicted octanol–water partition coefficient (Wildman–Crippen LogP) is 10.2. The third-order valence-corrected chi connectivity index (χ3v) is 17.2. The Morgan fingerprint density at radius 3 is 2.06 bits per heavy atom. The minimum Gasteiger partial charge on any atom is -0.508 e. The molecule has 0 amide bonds. The zero-order valence-electron chi connectivity index (χ0n) is 35.4. The van der Waals surface area contributed by atoms with Gasteiger partial charge in [0.1, 0.15) is 36.0 Å². The number of halogens is 3. The average molecular weight is 868 g/mol. The van der Waals surface area contributed by atoms with Gasteiger partial charge in [-0.15, -0.1) is 13.2 Å². The molecule has 0 fully saturated rings. The van der Waals surface area contributed by atoms with Crippen molar-refractivity contribution >= 4 is 19.9 Å². The molecule has 0 unspecified atom stereocenters. The van der Waals surface area contributed by atoms with Gasteiger partial charge in [-0.1, -0.05) is 93.6 Å². The van der Waals surface area contributed by atoms with Gasteiger partial charge in [-0.05, 0) is 78.2 Å². The van der Waals surface area contributed by atoms with Crippen LogP contribution in [-0.2, 0) is 17.6 Å². The molecule has 15 heteroatoms. The summed E-state index contributed by atoms with van der Waals surface area (Å²) in [6.07, 6.45) is -1.85. The molecule has 3 aliphatic rings. The van der Waals surface area contributed by atoms with E-state index in [1.807, 2.05) is 114 Å². The second kappa shape index (κ2) is 15.8. The number of ether oxygens (including phenoxy) is 3. The molecule has 62 heavy (non-hydrogen) atoms. The molecule has 0 spiro atoms. The highest BCUT2D eigenvalue weighted by atomic mass is 28.4. The molecule has 8 rings (SSSR count). The summed E-state index contributed by atoms with van der Waals surface area (Å²) in [6.45, 7) is 10.2. The number of alkyl halides is 3. The van der Waals surface area contributed by atoms with Crippen molar-refractivity contribution in [2.24, 2.45) is 11.8 Å². The van der Waals surface area contributed by atoms with Crippen molar-refractivity contribution in [3.8, 4) is 17.4 Å². The van der Waals surface area contributed by atoms with E-state index in [-0.39, 0.29) is 53.7 Å². The average Bonchev–Trinajstić information content (AvgIpc) is 3.64. The fraction of sp³-hybridized carbons (Fsp3) is 0.362. The van der Waals surface area contributed by atoms with Crippen LogP contribution in [0.25, 0.3) is 0 Å². The standard InChI is InChI=1S/C47H48F3N3O8Si/c1-45(2,3)62(6,7)61-46-33(39(53(4)5)41-38(43(46)56)44(52-60-41)58-26-28-16-12-9-13-17-28)22-31-35(29-18-20-30(21-19-29)59-47(48,49)50)32-23-51-24-34(36(32)40(54)37(31)42(46)55)57-25-27-14-10-8-11-15-27/h8-21,23-24,31,33,35,39,55H,22,25-26H2,1-7H3/t31-,33+,35-,39+,46+/m1/s1. The highest BCUT2D eigenvalue weighted by Gasteiger charge is 2.68. The number of hydrogen-bond donors (Lipinski definition) is 1. The van der Waals surface area contributed by atoms with Crippen molar-refractivity contribution in [1.82, 2.24) is 15.0 Å². The van der Waals surface area contributed by atoms with Crippen molar-refractivity contribution < 1.29 is 51.0 Å². The molecule has 0 saturated carbocycles. The number of carbonyl (C=O) groups excluding carboxylic acids is 2. The summed E-state index contributed by atoms with van der Waals surface area (Å²) in [5, 5.41) is 17.1. The van der Waals surface area contributed by atoms with Crippen molar-refractivity contribution in [3.63, 3.8) is 0 Å². The molecule has 2 heterocycles. The number of allylic oxidation sites excluding steroid dienone is 1. The monoisotopic (exact) mass is 867 g/mol. The highest BCUT2D eigenvalue weighted by Crippen LogP contribution is 2.62. The molecule has 5 aromatic rings. The summed E-state index contributed by atoms with van der Waals surface area (Å²) in [7, 11) is 0.602. The third-order valence-electron chi connectivity index (χ3n) is 12.8. The van der Waals surface area contributed by atoms with Crippen molar-refractivity contribution in [1.29, 1.82) is 0 Å². The number of fused-ring (bicyclic) bond motifs is 4. The van der Waals surface area contributed by atoms with Gasteiger partial charge in [0.15, 0.2) is 25.5 Å².